The van der Waals surface area contributed by atoms with Crippen molar-refractivity contribution in [2.24, 2.45) is 5.73 Å². The molecule has 1 unspecified atom stereocenters. The molecule has 0 spiro atoms. The van der Waals surface area contributed by atoms with Crippen molar-refractivity contribution >= 4 is 28.8 Å². The van der Waals surface area contributed by atoms with Gasteiger partial charge in [-0.3, -0.25) is 14.5 Å². The van der Waals surface area contributed by atoms with E-state index in [2.05, 4.69) is 5.32 Å². The lowest BCUT2D eigenvalue weighted by molar-refractivity contribution is -0.120. The number of likely N-dealkylation sites (N-methyl/N-ethyl adjacent to an activating group) is 1. The Hall–Kier alpha value is -2.18. The average molecular weight is 303 g/mol. The van der Waals surface area contributed by atoms with Crippen LogP contribution in [0.5, 0.6) is 0 Å². The lowest BCUT2D eigenvalue weighted by Gasteiger charge is -2.22. The van der Waals surface area contributed by atoms with Gasteiger partial charge in [0.05, 0.1) is 0 Å². The van der Waals surface area contributed by atoms with Crippen LogP contribution in [-0.2, 0) is 4.79 Å². The van der Waals surface area contributed by atoms with Crippen molar-refractivity contribution in [2.75, 3.05) is 19.4 Å². The van der Waals surface area contributed by atoms with Gasteiger partial charge in [-0.2, -0.15) is 11.3 Å². The van der Waals surface area contributed by atoms with E-state index < -0.39 is 5.91 Å². The van der Waals surface area contributed by atoms with Crippen LogP contribution in [0.1, 0.15) is 22.0 Å². The van der Waals surface area contributed by atoms with E-state index in [4.69, 9.17) is 5.73 Å². The van der Waals surface area contributed by atoms with Crippen LogP contribution in [0.15, 0.2) is 41.1 Å². The zero-order chi connectivity index (χ0) is 15.4. The van der Waals surface area contributed by atoms with Crippen molar-refractivity contribution in [3.8, 4) is 0 Å². The molecule has 2 amide bonds. The minimum Gasteiger partial charge on any atom is -0.366 e. The van der Waals surface area contributed by atoms with Gasteiger partial charge >= 0.3 is 0 Å². The maximum atomic E-state index is 12.4. The largest absolute Gasteiger partial charge is 0.366 e. The van der Waals surface area contributed by atoms with Gasteiger partial charge in [0.25, 0.3) is 0 Å². The number of hydrogen-bond acceptors (Lipinski definition) is 4. The second-order valence-corrected chi connectivity index (χ2v) is 5.63. The number of rotatable bonds is 5. The molecular weight excluding hydrogens is 286 g/mol. The van der Waals surface area contributed by atoms with Crippen molar-refractivity contribution in [3.05, 3.63) is 52.2 Å². The van der Waals surface area contributed by atoms with Crippen molar-refractivity contribution < 1.29 is 9.59 Å². The number of anilines is 1. The number of primary amides is 1. The summed E-state index contributed by atoms with van der Waals surface area (Å²) in [5.74, 6) is -0.609. The predicted octanol–water partition coefficient (Wildman–Crippen LogP) is 2.09. The van der Waals surface area contributed by atoms with Crippen LogP contribution in [0.3, 0.4) is 0 Å². The first-order chi connectivity index (χ1) is 9.99. The van der Waals surface area contributed by atoms with Crippen LogP contribution in [0, 0.1) is 0 Å². The van der Waals surface area contributed by atoms with E-state index in [9.17, 15) is 9.59 Å². The van der Waals surface area contributed by atoms with Gasteiger partial charge < -0.3 is 11.1 Å². The topological polar surface area (TPSA) is 75.4 Å². The second-order valence-electron chi connectivity index (χ2n) is 4.85. The number of thiophene rings is 1. The Morgan fingerprint density at radius 2 is 1.86 bits per heavy atom. The smallest absolute Gasteiger partial charge is 0.248 e. The van der Waals surface area contributed by atoms with Crippen molar-refractivity contribution in [3.63, 3.8) is 0 Å². The lowest BCUT2D eigenvalue weighted by atomic mass is 10.1. The monoisotopic (exact) mass is 303 g/mol. The van der Waals surface area contributed by atoms with E-state index in [1.807, 2.05) is 35.8 Å². The third-order valence-corrected chi connectivity index (χ3v) is 3.76. The van der Waals surface area contributed by atoms with E-state index in [1.165, 1.54) is 0 Å². The fourth-order valence-electron chi connectivity index (χ4n) is 2.04. The van der Waals surface area contributed by atoms with Gasteiger partial charge in [0.2, 0.25) is 11.8 Å². The number of carbonyl (C=O) groups is 2. The highest BCUT2D eigenvalue weighted by molar-refractivity contribution is 7.08. The third-order valence-electron chi connectivity index (χ3n) is 3.06. The summed E-state index contributed by atoms with van der Waals surface area (Å²) < 4.78 is 0. The zero-order valence-electron chi connectivity index (χ0n) is 11.9. The quantitative estimate of drug-likeness (QED) is 0.888. The maximum absolute atomic E-state index is 12.4. The fourth-order valence-corrected chi connectivity index (χ4v) is 2.72. The molecule has 0 radical (unpaired) electrons. The van der Waals surface area contributed by atoms with Gasteiger partial charge in [-0.15, -0.1) is 0 Å². The zero-order valence-corrected chi connectivity index (χ0v) is 12.7. The summed E-state index contributed by atoms with van der Waals surface area (Å²) in [5.41, 5.74) is 7.18. The average Bonchev–Trinajstić information content (AvgIpc) is 2.92. The van der Waals surface area contributed by atoms with Gasteiger partial charge in [-0.25, -0.2) is 0 Å². The molecule has 0 saturated carbocycles. The van der Waals surface area contributed by atoms with Gasteiger partial charge in [0.15, 0.2) is 0 Å². The summed E-state index contributed by atoms with van der Waals surface area (Å²) in [7, 11) is 3.72. The van der Waals surface area contributed by atoms with E-state index in [-0.39, 0.29) is 11.9 Å². The molecule has 1 aromatic carbocycles. The van der Waals surface area contributed by atoms with Crippen LogP contribution in [0.25, 0.3) is 0 Å². The summed E-state index contributed by atoms with van der Waals surface area (Å²) >= 11 is 1.56. The number of nitrogens with zero attached hydrogens (tertiary/aromatic N) is 1. The Morgan fingerprint density at radius 3 is 2.33 bits per heavy atom. The Labute approximate surface area is 127 Å². The Kier molecular flexibility index (Phi) is 4.72. The third kappa shape index (κ3) is 3.68. The number of carbonyl (C=O) groups excluding carboxylic acids is 2. The Bertz CT molecular complexity index is 621. The van der Waals surface area contributed by atoms with Gasteiger partial charge in [-0.05, 0) is 60.8 Å². The highest BCUT2D eigenvalue weighted by Gasteiger charge is 2.23. The molecule has 0 aliphatic heterocycles. The highest BCUT2D eigenvalue weighted by atomic mass is 32.1. The predicted molar refractivity (Wildman–Crippen MR) is 84.3 cm³/mol. The van der Waals surface area contributed by atoms with Crippen LogP contribution < -0.4 is 11.1 Å². The summed E-state index contributed by atoms with van der Waals surface area (Å²) in [4.78, 5) is 25.3. The summed E-state index contributed by atoms with van der Waals surface area (Å²) in [6.07, 6.45) is 0. The molecule has 2 aromatic rings. The van der Waals surface area contributed by atoms with E-state index in [1.54, 1.807) is 35.6 Å². The molecule has 0 bridgehead atoms. The second kappa shape index (κ2) is 6.51. The molecule has 1 atom stereocenters. The van der Waals surface area contributed by atoms with Gasteiger partial charge in [0.1, 0.15) is 6.04 Å². The van der Waals surface area contributed by atoms with E-state index >= 15 is 0 Å². The number of nitrogens with two attached hydrogens (primary N) is 1. The molecule has 3 N–H and O–H groups in total. The molecule has 1 heterocycles. The van der Waals surface area contributed by atoms with Crippen molar-refractivity contribution in [1.82, 2.24) is 4.90 Å². The first-order valence-corrected chi connectivity index (χ1v) is 7.32. The van der Waals surface area contributed by atoms with Gasteiger partial charge in [-0.1, -0.05) is 0 Å². The van der Waals surface area contributed by atoms with Crippen LogP contribution in [-0.4, -0.2) is 30.8 Å². The van der Waals surface area contributed by atoms with E-state index in [0.717, 1.165) is 5.56 Å². The minimum absolute atomic E-state index is 0.120. The van der Waals surface area contributed by atoms with Crippen LogP contribution in [0.2, 0.25) is 0 Å². The molecule has 110 valence electrons. The number of benzene rings is 1. The van der Waals surface area contributed by atoms with Crippen LogP contribution >= 0.6 is 11.3 Å². The normalized spacial score (nSPS) is 12.1. The molecule has 0 aliphatic carbocycles. The van der Waals surface area contributed by atoms with Crippen molar-refractivity contribution in [2.45, 2.75) is 6.04 Å². The molecule has 2 rings (SSSR count). The molecule has 0 fully saturated rings. The number of amides is 2. The number of hydrogen-bond donors (Lipinski definition) is 2. The molecule has 5 nitrogen and oxygen atoms in total. The molecule has 0 aliphatic rings. The standard InChI is InChI=1S/C15H17N3O2S/c1-18(2)13(11-7-8-21-9-11)15(20)17-12-5-3-10(4-6-12)14(16)19/h3-9,13H,1-2H3,(H2,16,19)(H,17,20). The molecule has 21 heavy (non-hydrogen) atoms. The van der Waals surface area contributed by atoms with Crippen molar-refractivity contribution in [1.29, 1.82) is 0 Å². The molecule has 0 saturated heterocycles. The Morgan fingerprint density at radius 1 is 1.19 bits per heavy atom. The van der Waals surface area contributed by atoms with Gasteiger partial charge in [0, 0.05) is 11.3 Å². The highest BCUT2D eigenvalue weighted by Crippen LogP contribution is 2.22. The molecule has 6 heteroatoms. The summed E-state index contributed by atoms with van der Waals surface area (Å²) in [6.45, 7) is 0. The van der Waals surface area contributed by atoms with E-state index in [0.29, 0.717) is 11.3 Å². The first kappa shape index (κ1) is 15.2. The lowest BCUT2D eigenvalue weighted by Crippen LogP contribution is -2.31. The first-order valence-electron chi connectivity index (χ1n) is 6.38. The molecular formula is C15H17N3O2S. The Balaban J connectivity index is 2.14. The summed E-state index contributed by atoms with van der Waals surface area (Å²) in [6, 6.07) is 8.09. The van der Waals surface area contributed by atoms with Crippen LogP contribution in [0.4, 0.5) is 5.69 Å². The molecule has 1 aromatic heterocycles. The fraction of sp³-hybridized carbons (Fsp3) is 0.200. The number of nitrogens with one attached hydrogen (secondary N) is 1. The summed E-state index contributed by atoms with van der Waals surface area (Å²) in [5, 5.41) is 6.75. The SMILES string of the molecule is CN(C)C(C(=O)Nc1ccc(C(N)=O)cc1)c1ccsc1. The maximum Gasteiger partial charge on any atom is 0.248 e. The minimum atomic E-state index is -0.489.